The summed E-state index contributed by atoms with van der Waals surface area (Å²) in [5.74, 6) is 0.744. The lowest BCUT2D eigenvalue weighted by Crippen LogP contribution is -2.29. The van der Waals surface area contributed by atoms with Crippen LogP contribution < -0.4 is 9.47 Å². The van der Waals surface area contributed by atoms with Gasteiger partial charge < -0.3 is 19.1 Å². The number of nitrogens with zero attached hydrogens (tertiary/aromatic N) is 1. The Bertz CT molecular complexity index is 529. The summed E-state index contributed by atoms with van der Waals surface area (Å²) in [5.41, 5.74) is 0.505. The topological polar surface area (TPSA) is 65.1 Å². The first-order valence-corrected chi connectivity index (χ1v) is 6.92. The Kier molecular flexibility index (Phi) is 5.03. The summed E-state index contributed by atoms with van der Waals surface area (Å²) >= 11 is 0. The van der Waals surface area contributed by atoms with Gasteiger partial charge in [0.1, 0.15) is 13.2 Å². The fraction of sp³-hybridized carbons (Fsp3) is 0.467. The van der Waals surface area contributed by atoms with Crippen molar-refractivity contribution >= 4 is 11.9 Å². The van der Waals surface area contributed by atoms with Gasteiger partial charge in [-0.2, -0.15) is 0 Å². The third-order valence-electron chi connectivity index (χ3n) is 3.09. The molecule has 1 heterocycles. The van der Waals surface area contributed by atoms with Crippen molar-refractivity contribution in [2.45, 2.75) is 13.3 Å². The van der Waals surface area contributed by atoms with Gasteiger partial charge in [0, 0.05) is 19.2 Å². The maximum atomic E-state index is 12.3. The molecule has 6 heteroatoms. The van der Waals surface area contributed by atoms with E-state index in [9.17, 15) is 9.59 Å². The smallest absolute Gasteiger partial charge is 0.307 e. The number of carbonyl (C=O) groups is 2. The van der Waals surface area contributed by atoms with Gasteiger partial charge in [0.2, 0.25) is 0 Å². The zero-order valence-electron chi connectivity index (χ0n) is 12.3. The number of ether oxygens (including phenoxy) is 3. The van der Waals surface area contributed by atoms with Crippen LogP contribution in [0.2, 0.25) is 0 Å². The molecule has 114 valence electrons. The first kappa shape index (κ1) is 15.2. The van der Waals surface area contributed by atoms with E-state index in [1.165, 1.54) is 4.90 Å². The van der Waals surface area contributed by atoms with E-state index in [-0.39, 0.29) is 18.3 Å². The highest BCUT2D eigenvalue weighted by atomic mass is 16.6. The summed E-state index contributed by atoms with van der Waals surface area (Å²) in [4.78, 5) is 25.1. The molecule has 2 rings (SSSR count). The van der Waals surface area contributed by atoms with Crippen LogP contribution in [0.4, 0.5) is 0 Å². The molecule has 1 aromatic carbocycles. The van der Waals surface area contributed by atoms with Crippen LogP contribution >= 0.6 is 0 Å². The summed E-state index contributed by atoms with van der Waals surface area (Å²) in [6, 6.07) is 5.08. The molecular weight excluding hydrogens is 274 g/mol. The summed E-state index contributed by atoms with van der Waals surface area (Å²) < 4.78 is 15.7. The lowest BCUT2D eigenvalue weighted by atomic mass is 10.1. The number of hydrogen-bond acceptors (Lipinski definition) is 5. The maximum absolute atomic E-state index is 12.3. The van der Waals surface area contributed by atoms with Crippen LogP contribution in [0.1, 0.15) is 23.7 Å². The average Bonchev–Trinajstić information content (AvgIpc) is 2.51. The minimum atomic E-state index is -0.306. The van der Waals surface area contributed by atoms with E-state index in [1.54, 1.807) is 32.2 Å². The van der Waals surface area contributed by atoms with E-state index in [1.807, 2.05) is 0 Å². The Morgan fingerprint density at radius 3 is 2.67 bits per heavy atom. The predicted octanol–water partition coefficient (Wildman–Crippen LogP) is 1.48. The highest BCUT2D eigenvalue weighted by Crippen LogP contribution is 2.31. The molecule has 0 spiro atoms. The van der Waals surface area contributed by atoms with Crippen LogP contribution in [-0.2, 0) is 9.53 Å². The van der Waals surface area contributed by atoms with Gasteiger partial charge in [-0.1, -0.05) is 0 Å². The molecule has 6 nitrogen and oxygen atoms in total. The van der Waals surface area contributed by atoms with Gasteiger partial charge in [0.25, 0.3) is 5.91 Å². The molecule has 0 radical (unpaired) electrons. The van der Waals surface area contributed by atoms with E-state index >= 15 is 0 Å². The SMILES string of the molecule is CCOC(=O)CCN(C)C(=O)c1ccc2c(c1)OCCO2. The lowest BCUT2D eigenvalue weighted by molar-refractivity contribution is -0.143. The number of benzene rings is 1. The quantitative estimate of drug-likeness (QED) is 0.769. The van der Waals surface area contributed by atoms with Crippen LogP contribution in [0.25, 0.3) is 0 Å². The minimum absolute atomic E-state index is 0.170. The van der Waals surface area contributed by atoms with Crippen LogP contribution in [0.5, 0.6) is 11.5 Å². The second-order valence-corrected chi connectivity index (χ2v) is 4.64. The summed E-state index contributed by atoms with van der Waals surface area (Å²) in [6.07, 6.45) is 0.181. The maximum Gasteiger partial charge on any atom is 0.307 e. The van der Waals surface area contributed by atoms with E-state index in [4.69, 9.17) is 14.2 Å². The largest absolute Gasteiger partial charge is 0.486 e. The van der Waals surface area contributed by atoms with Gasteiger partial charge in [0.15, 0.2) is 11.5 Å². The molecule has 1 aromatic rings. The number of amides is 1. The Balaban J connectivity index is 1.97. The molecule has 0 atom stereocenters. The Hall–Kier alpha value is -2.24. The summed E-state index contributed by atoms with van der Waals surface area (Å²) in [6.45, 7) is 3.40. The van der Waals surface area contributed by atoms with Crippen LogP contribution in [-0.4, -0.2) is 50.2 Å². The number of hydrogen-bond donors (Lipinski definition) is 0. The average molecular weight is 293 g/mol. The second kappa shape index (κ2) is 6.97. The first-order chi connectivity index (χ1) is 10.1. The van der Waals surface area contributed by atoms with Gasteiger partial charge in [-0.25, -0.2) is 0 Å². The van der Waals surface area contributed by atoms with Crippen molar-refractivity contribution in [3.05, 3.63) is 23.8 Å². The van der Waals surface area contributed by atoms with Crippen molar-refractivity contribution < 1.29 is 23.8 Å². The van der Waals surface area contributed by atoms with Crippen LogP contribution in [0, 0.1) is 0 Å². The third-order valence-corrected chi connectivity index (χ3v) is 3.09. The predicted molar refractivity (Wildman–Crippen MR) is 75.6 cm³/mol. The molecule has 0 fully saturated rings. The Morgan fingerprint density at radius 1 is 1.24 bits per heavy atom. The molecule has 0 saturated heterocycles. The van der Waals surface area contributed by atoms with Gasteiger partial charge in [-0.05, 0) is 25.1 Å². The third kappa shape index (κ3) is 3.87. The van der Waals surface area contributed by atoms with Crippen molar-refractivity contribution in [2.75, 3.05) is 33.4 Å². The number of fused-ring (bicyclic) bond motifs is 1. The van der Waals surface area contributed by atoms with Gasteiger partial charge in [0.05, 0.1) is 13.0 Å². The molecule has 0 N–H and O–H groups in total. The van der Waals surface area contributed by atoms with E-state index in [2.05, 4.69) is 0 Å². The highest BCUT2D eigenvalue weighted by Gasteiger charge is 2.18. The molecule has 0 unspecified atom stereocenters. The zero-order valence-corrected chi connectivity index (χ0v) is 12.3. The van der Waals surface area contributed by atoms with Crippen molar-refractivity contribution in [1.82, 2.24) is 4.90 Å². The number of esters is 1. The number of rotatable bonds is 5. The second-order valence-electron chi connectivity index (χ2n) is 4.64. The van der Waals surface area contributed by atoms with E-state index in [0.717, 1.165) is 0 Å². The minimum Gasteiger partial charge on any atom is -0.486 e. The fourth-order valence-corrected chi connectivity index (χ4v) is 1.99. The molecule has 0 saturated carbocycles. The van der Waals surface area contributed by atoms with Crippen molar-refractivity contribution in [3.63, 3.8) is 0 Å². The van der Waals surface area contributed by atoms with E-state index < -0.39 is 0 Å². The summed E-state index contributed by atoms with van der Waals surface area (Å²) in [5, 5.41) is 0. The van der Waals surface area contributed by atoms with Crippen molar-refractivity contribution in [3.8, 4) is 11.5 Å². The molecule has 1 aliphatic heterocycles. The standard InChI is InChI=1S/C15H19NO5/c1-3-19-14(17)6-7-16(2)15(18)11-4-5-12-13(10-11)21-9-8-20-12/h4-5,10H,3,6-9H2,1-2H3. The molecule has 0 aliphatic carbocycles. The normalized spacial score (nSPS) is 12.7. The van der Waals surface area contributed by atoms with Crippen molar-refractivity contribution in [1.29, 1.82) is 0 Å². The van der Waals surface area contributed by atoms with Gasteiger partial charge in [-0.3, -0.25) is 9.59 Å². The van der Waals surface area contributed by atoms with Crippen molar-refractivity contribution in [2.24, 2.45) is 0 Å². The monoisotopic (exact) mass is 293 g/mol. The number of carbonyl (C=O) groups excluding carboxylic acids is 2. The Labute approximate surface area is 123 Å². The van der Waals surface area contributed by atoms with Crippen LogP contribution in [0.3, 0.4) is 0 Å². The summed E-state index contributed by atoms with van der Waals surface area (Å²) in [7, 11) is 1.65. The molecule has 1 amide bonds. The lowest BCUT2D eigenvalue weighted by Gasteiger charge is -2.20. The van der Waals surface area contributed by atoms with Gasteiger partial charge in [-0.15, -0.1) is 0 Å². The molecule has 21 heavy (non-hydrogen) atoms. The highest BCUT2D eigenvalue weighted by molar-refractivity contribution is 5.95. The fourth-order valence-electron chi connectivity index (χ4n) is 1.99. The molecule has 0 bridgehead atoms. The van der Waals surface area contributed by atoms with Gasteiger partial charge >= 0.3 is 5.97 Å². The zero-order chi connectivity index (χ0) is 15.2. The molecule has 1 aliphatic rings. The van der Waals surface area contributed by atoms with Crippen LogP contribution in [0.15, 0.2) is 18.2 Å². The molecular formula is C15H19NO5. The van der Waals surface area contributed by atoms with E-state index in [0.29, 0.717) is 43.4 Å². The molecule has 0 aromatic heterocycles. The first-order valence-electron chi connectivity index (χ1n) is 6.92. The Morgan fingerprint density at radius 2 is 1.95 bits per heavy atom.